The summed E-state index contributed by atoms with van der Waals surface area (Å²) in [6, 6.07) is 8.09. The average Bonchev–Trinajstić information content (AvgIpc) is 3.41. The first kappa shape index (κ1) is 15.3. The highest BCUT2D eigenvalue weighted by Gasteiger charge is 2.43. The van der Waals surface area contributed by atoms with Crippen molar-refractivity contribution >= 4 is 17.8 Å². The molecule has 1 aliphatic carbocycles. The van der Waals surface area contributed by atoms with Crippen LogP contribution < -0.4 is 5.32 Å². The molecule has 120 valence electrons. The number of methoxy groups -OCH3 is 1. The fraction of sp³-hybridized carbons (Fsp3) is 0.353. The van der Waals surface area contributed by atoms with Crippen molar-refractivity contribution in [3.8, 4) is 0 Å². The maximum atomic E-state index is 12.8. The van der Waals surface area contributed by atoms with E-state index in [1.807, 2.05) is 30.3 Å². The molecule has 1 aromatic carbocycles. The molecule has 1 aliphatic heterocycles. The third-order valence-corrected chi connectivity index (χ3v) is 4.18. The molecule has 1 saturated carbocycles. The number of carbonyl (C=O) groups excluding carboxylic acids is 3. The van der Waals surface area contributed by atoms with Crippen molar-refractivity contribution < 1.29 is 19.1 Å². The van der Waals surface area contributed by atoms with Gasteiger partial charge >= 0.3 is 12.0 Å². The second-order valence-electron chi connectivity index (χ2n) is 5.74. The lowest BCUT2D eigenvalue weighted by Crippen LogP contribution is -2.48. The zero-order chi connectivity index (χ0) is 16.6. The Morgan fingerprint density at radius 1 is 1.22 bits per heavy atom. The number of amides is 2. The Morgan fingerprint density at radius 2 is 1.87 bits per heavy atom. The number of hydrogen-bond donors (Lipinski definition) is 1. The summed E-state index contributed by atoms with van der Waals surface area (Å²) in [6.45, 7) is 0. The van der Waals surface area contributed by atoms with Gasteiger partial charge in [0.1, 0.15) is 5.70 Å². The topological polar surface area (TPSA) is 75.7 Å². The van der Waals surface area contributed by atoms with E-state index in [1.54, 1.807) is 0 Å². The molecule has 2 amide bonds. The molecule has 0 spiro atoms. The third-order valence-electron chi connectivity index (χ3n) is 4.18. The van der Waals surface area contributed by atoms with Crippen molar-refractivity contribution in [2.45, 2.75) is 18.9 Å². The molecule has 0 aromatic heterocycles. The number of Topliss-reactive ketones (excluding diaryl/α,β-unsaturated/α-hetero) is 1. The fourth-order valence-corrected chi connectivity index (χ4v) is 2.77. The van der Waals surface area contributed by atoms with E-state index >= 15 is 0 Å². The lowest BCUT2D eigenvalue weighted by Gasteiger charge is -2.33. The van der Waals surface area contributed by atoms with Crippen molar-refractivity contribution in [3.05, 3.63) is 47.2 Å². The summed E-state index contributed by atoms with van der Waals surface area (Å²) in [4.78, 5) is 38.4. The van der Waals surface area contributed by atoms with Gasteiger partial charge in [-0.1, -0.05) is 30.3 Å². The van der Waals surface area contributed by atoms with Gasteiger partial charge in [-0.2, -0.15) is 0 Å². The van der Waals surface area contributed by atoms with E-state index in [0.29, 0.717) is 5.57 Å². The van der Waals surface area contributed by atoms with Gasteiger partial charge < -0.3 is 10.1 Å². The van der Waals surface area contributed by atoms with Crippen LogP contribution in [0.1, 0.15) is 24.4 Å². The molecule has 1 atom stereocenters. The lowest BCUT2D eigenvalue weighted by atomic mass is 9.90. The first-order valence-corrected chi connectivity index (χ1v) is 7.50. The lowest BCUT2D eigenvalue weighted by molar-refractivity contribution is -0.138. The van der Waals surface area contributed by atoms with E-state index in [-0.39, 0.29) is 17.4 Å². The molecule has 1 fully saturated rings. The highest BCUT2D eigenvalue weighted by atomic mass is 16.5. The molecular weight excluding hydrogens is 296 g/mol. The third kappa shape index (κ3) is 2.72. The Morgan fingerprint density at radius 3 is 2.43 bits per heavy atom. The number of hydrogen-bond acceptors (Lipinski definition) is 4. The molecule has 1 aromatic rings. The number of esters is 1. The maximum Gasteiger partial charge on any atom is 0.355 e. The average molecular weight is 314 g/mol. The number of likely N-dealkylation sites (N-methyl/N-ethyl adjacent to an activating group) is 1. The largest absolute Gasteiger partial charge is 0.464 e. The number of nitrogens with one attached hydrogen (secondary N) is 1. The molecule has 1 heterocycles. The van der Waals surface area contributed by atoms with Crippen LogP contribution in [0, 0.1) is 5.92 Å². The highest BCUT2D eigenvalue weighted by Crippen LogP contribution is 2.39. The van der Waals surface area contributed by atoms with Crippen LogP contribution in [0.25, 0.3) is 0 Å². The summed E-state index contributed by atoms with van der Waals surface area (Å²) in [7, 11) is 2.70. The quantitative estimate of drug-likeness (QED) is 0.860. The summed E-state index contributed by atoms with van der Waals surface area (Å²) in [5.41, 5.74) is 1.11. The van der Waals surface area contributed by atoms with Gasteiger partial charge in [-0.05, 0) is 18.4 Å². The van der Waals surface area contributed by atoms with Gasteiger partial charge in [0.05, 0.1) is 18.7 Å². The van der Waals surface area contributed by atoms with Crippen LogP contribution in [0.5, 0.6) is 0 Å². The van der Waals surface area contributed by atoms with E-state index in [4.69, 9.17) is 4.74 Å². The van der Waals surface area contributed by atoms with Gasteiger partial charge in [0, 0.05) is 13.0 Å². The van der Waals surface area contributed by atoms with E-state index in [0.717, 1.165) is 23.3 Å². The number of carbonyl (C=O) groups is 3. The van der Waals surface area contributed by atoms with Crippen LogP contribution in [0.4, 0.5) is 4.79 Å². The smallest absolute Gasteiger partial charge is 0.355 e. The van der Waals surface area contributed by atoms with E-state index in [2.05, 4.69) is 5.32 Å². The van der Waals surface area contributed by atoms with Crippen LogP contribution in [0.2, 0.25) is 0 Å². The zero-order valence-corrected chi connectivity index (χ0v) is 13.0. The minimum Gasteiger partial charge on any atom is -0.464 e. The van der Waals surface area contributed by atoms with Crippen LogP contribution in [-0.2, 0) is 14.3 Å². The van der Waals surface area contributed by atoms with Gasteiger partial charge in [0.25, 0.3) is 0 Å². The normalized spacial score (nSPS) is 21.0. The summed E-state index contributed by atoms with van der Waals surface area (Å²) in [5, 5.41) is 2.81. The number of ketones is 1. The summed E-state index contributed by atoms with van der Waals surface area (Å²) in [5.74, 6) is -0.836. The maximum absolute atomic E-state index is 12.8. The molecule has 0 bridgehead atoms. The van der Waals surface area contributed by atoms with Crippen molar-refractivity contribution in [3.63, 3.8) is 0 Å². The van der Waals surface area contributed by atoms with Crippen molar-refractivity contribution in [2.75, 3.05) is 14.2 Å². The first-order chi connectivity index (χ1) is 11.0. The summed E-state index contributed by atoms with van der Waals surface area (Å²) < 4.78 is 4.80. The molecule has 2 aliphatic rings. The van der Waals surface area contributed by atoms with Crippen molar-refractivity contribution in [1.29, 1.82) is 0 Å². The molecule has 0 unspecified atom stereocenters. The minimum absolute atomic E-state index is 0.0296. The van der Waals surface area contributed by atoms with Gasteiger partial charge in [-0.25, -0.2) is 9.59 Å². The number of rotatable bonds is 4. The summed E-state index contributed by atoms with van der Waals surface area (Å²) in [6.07, 6.45) is 1.63. The van der Waals surface area contributed by atoms with Gasteiger partial charge in [-0.3, -0.25) is 9.69 Å². The predicted molar refractivity (Wildman–Crippen MR) is 82.3 cm³/mol. The monoisotopic (exact) mass is 314 g/mol. The Labute approximate surface area is 134 Å². The zero-order valence-electron chi connectivity index (χ0n) is 13.0. The van der Waals surface area contributed by atoms with Crippen LogP contribution in [-0.4, -0.2) is 36.8 Å². The van der Waals surface area contributed by atoms with E-state index < -0.39 is 18.0 Å². The first-order valence-electron chi connectivity index (χ1n) is 7.50. The second kappa shape index (κ2) is 5.87. The molecule has 0 saturated heterocycles. The molecule has 3 rings (SSSR count). The van der Waals surface area contributed by atoms with Crippen molar-refractivity contribution in [1.82, 2.24) is 10.2 Å². The standard InChI is InChI=1S/C17H18N2O4/c1-19-14(16(21)23-2)12(15(20)11-8-9-11)13(18-17(19)22)10-6-4-3-5-7-10/h3-7,11,13H,8-9H2,1-2H3,(H,18,22)/t13-/m1/s1. The number of urea groups is 1. The van der Waals surface area contributed by atoms with Crippen molar-refractivity contribution in [2.24, 2.45) is 5.92 Å². The molecule has 1 N–H and O–H groups in total. The van der Waals surface area contributed by atoms with Crippen LogP contribution >= 0.6 is 0 Å². The Kier molecular flexibility index (Phi) is 3.90. The molecule has 23 heavy (non-hydrogen) atoms. The summed E-state index contributed by atoms with van der Waals surface area (Å²) >= 11 is 0. The number of ether oxygens (including phenoxy) is 1. The molecule has 6 heteroatoms. The van der Waals surface area contributed by atoms with Crippen LogP contribution in [0.15, 0.2) is 41.6 Å². The van der Waals surface area contributed by atoms with Crippen LogP contribution in [0.3, 0.4) is 0 Å². The van der Waals surface area contributed by atoms with E-state index in [1.165, 1.54) is 14.2 Å². The number of nitrogens with zero attached hydrogens (tertiary/aromatic N) is 1. The van der Waals surface area contributed by atoms with Gasteiger partial charge in [-0.15, -0.1) is 0 Å². The highest BCUT2D eigenvalue weighted by molar-refractivity contribution is 6.09. The van der Waals surface area contributed by atoms with Gasteiger partial charge in [0.2, 0.25) is 0 Å². The van der Waals surface area contributed by atoms with Gasteiger partial charge in [0.15, 0.2) is 5.78 Å². The predicted octanol–water partition coefficient (Wildman–Crippen LogP) is 1.79. The molecule has 6 nitrogen and oxygen atoms in total. The minimum atomic E-state index is -0.674. The van der Waals surface area contributed by atoms with E-state index in [9.17, 15) is 14.4 Å². The fourth-order valence-electron chi connectivity index (χ4n) is 2.77. The Hall–Kier alpha value is -2.63. The Balaban J connectivity index is 2.16. The molecular formula is C17H18N2O4. The molecule has 0 radical (unpaired) electrons. The SMILES string of the molecule is COC(=O)C1=C(C(=O)C2CC2)[C@@H](c2ccccc2)NC(=O)N1C. The Bertz CT molecular complexity index is 692. The second-order valence-corrected chi connectivity index (χ2v) is 5.74. The number of benzene rings is 1.